The van der Waals surface area contributed by atoms with Gasteiger partial charge in [0.2, 0.25) is 0 Å². The van der Waals surface area contributed by atoms with E-state index >= 15 is 0 Å². The van der Waals surface area contributed by atoms with Gasteiger partial charge in [-0.25, -0.2) is 0 Å². The van der Waals surface area contributed by atoms with Crippen LogP contribution in [0.3, 0.4) is 0 Å². The Morgan fingerprint density at radius 1 is 1.00 bits per heavy atom. The Balaban J connectivity index is 2.06. The highest BCUT2D eigenvalue weighted by Crippen LogP contribution is 2.51. The molecule has 4 nitrogen and oxygen atoms in total. The monoisotopic (exact) mass is 311 g/mol. The second-order valence-corrected chi connectivity index (χ2v) is 6.04. The van der Waals surface area contributed by atoms with Gasteiger partial charge in [-0.15, -0.1) is 0 Å². The minimum Gasteiger partial charge on any atom is -0.497 e. The first kappa shape index (κ1) is 14.4. The number of rotatable bonds is 3. The number of fused-ring (bicyclic) bond motifs is 2. The summed E-state index contributed by atoms with van der Waals surface area (Å²) in [5, 5.41) is 3.65. The molecule has 0 saturated heterocycles. The summed E-state index contributed by atoms with van der Waals surface area (Å²) in [7, 11) is 5.11. The Bertz CT molecular complexity index is 770. The fourth-order valence-electron chi connectivity index (χ4n) is 3.90. The van der Waals surface area contributed by atoms with Crippen LogP contribution in [0.2, 0.25) is 0 Å². The van der Waals surface area contributed by atoms with Gasteiger partial charge in [0.15, 0.2) is 11.5 Å². The van der Waals surface area contributed by atoms with E-state index in [1.807, 2.05) is 6.07 Å². The molecular weight excluding hydrogens is 290 g/mol. The summed E-state index contributed by atoms with van der Waals surface area (Å²) in [5.41, 5.74) is 6.37. The Morgan fingerprint density at radius 2 is 1.87 bits per heavy atom. The van der Waals surface area contributed by atoms with Gasteiger partial charge in [-0.3, -0.25) is 0 Å². The zero-order valence-corrected chi connectivity index (χ0v) is 13.7. The van der Waals surface area contributed by atoms with Crippen LogP contribution in [0.5, 0.6) is 17.2 Å². The molecule has 1 N–H and O–H groups in total. The van der Waals surface area contributed by atoms with E-state index in [9.17, 15) is 0 Å². The molecule has 1 heterocycles. The predicted octanol–water partition coefficient (Wildman–Crippen LogP) is 3.12. The van der Waals surface area contributed by atoms with Crippen molar-refractivity contribution in [2.45, 2.75) is 18.9 Å². The number of benzene rings is 2. The SMILES string of the molecule is COc1ccc2c(c1)-c1c(OC)c(OC)cc3c1[C@@H](C2)NCC3. The third-order valence-electron chi connectivity index (χ3n) is 4.94. The quantitative estimate of drug-likeness (QED) is 0.945. The molecule has 2 aromatic rings. The van der Waals surface area contributed by atoms with Crippen molar-refractivity contribution in [1.82, 2.24) is 5.32 Å². The molecule has 0 saturated carbocycles. The topological polar surface area (TPSA) is 39.7 Å². The Labute approximate surface area is 136 Å². The molecule has 1 atom stereocenters. The lowest BCUT2D eigenvalue weighted by molar-refractivity contribution is 0.353. The van der Waals surface area contributed by atoms with Crippen molar-refractivity contribution < 1.29 is 14.2 Å². The van der Waals surface area contributed by atoms with Crippen molar-refractivity contribution in [2.75, 3.05) is 27.9 Å². The van der Waals surface area contributed by atoms with Crippen LogP contribution in [0.4, 0.5) is 0 Å². The van der Waals surface area contributed by atoms with Gasteiger partial charge in [-0.05, 0) is 59.8 Å². The summed E-state index contributed by atoms with van der Waals surface area (Å²) in [6.45, 7) is 0.998. The number of hydrogen-bond donors (Lipinski definition) is 1. The largest absolute Gasteiger partial charge is 0.497 e. The molecule has 120 valence electrons. The second-order valence-electron chi connectivity index (χ2n) is 6.04. The number of ether oxygens (including phenoxy) is 3. The molecule has 0 amide bonds. The van der Waals surface area contributed by atoms with Crippen LogP contribution in [0.25, 0.3) is 11.1 Å². The van der Waals surface area contributed by atoms with Gasteiger partial charge < -0.3 is 19.5 Å². The van der Waals surface area contributed by atoms with Gasteiger partial charge in [0.05, 0.1) is 21.3 Å². The van der Waals surface area contributed by atoms with E-state index in [-0.39, 0.29) is 0 Å². The minimum atomic E-state index is 0.342. The highest BCUT2D eigenvalue weighted by molar-refractivity contribution is 5.84. The van der Waals surface area contributed by atoms with Crippen LogP contribution in [0.1, 0.15) is 22.7 Å². The Kier molecular flexibility index (Phi) is 3.42. The van der Waals surface area contributed by atoms with Gasteiger partial charge in [0.25, 0.3) is 0 Å². The van der Waals surface area contributed by atoms with E-state index in [0.717, 1.165) is 42.2 Å². The molecule has 0 spiro atoms. The van der Waals surface area contributed by atoms with Crippen LogP contribution in [-0.2, 0) is 12.8 Å². The summed E-state index contributed by atoms with van der Waals surface area (Å²) in [4.78, 5) is 0. The van der Waals surface area contributed by atoms with Gasteiger partial charge in [0, 0.05) is 11.6 Å². The highest BCUT2D eigenvalue weighted by atomic mass is 16.5. The molecule has 0 radical (unpaired) electrons. The zero-order valence-electron chi connectivity index (χ0n) is 13.7. The first-order valence-corrected chi connectivity index (χ1v) is 7.95. The van der Waals surface area contributed by atoms with E-state index in [4.69, 9.17) is 14.2 Å². The molecule has 0 bridgehead atoms. The third-order valence-corrected chi connectivity index (χ3v) is 4.94. The van der Waals surface area contributed by atoms with E-state index in [0.29, 0.717) is 6.04 Å². The van der Waals surface area contributed by atoms with Crippen molar-refractivity contribution in [1.29, 1.82) is 0 Å². The molecule has 1 aliphatic heterocycles. The first-order valence-electron chi connectivity index (χ1n) is 7.95. The molecule has 0 aromatic heterocycles. The summed E-state index contributed by atoms with van der Waals surface area (Å²) in [6, 6.07) is 8.77. The van der Waals surface area contributed by atoms with E-state index < -0.39 is 0 Å². The lowest BCUT2D eigenvalue weighted by Gasteiger charge is -2.35. The van der Waals surface area contributed by atoms with Gasteiger partial charge >= 0.3 is 0 Å². The summed E-state index contributed by atoms with van der Waals surface area (Å²) < 4.78 is 16.8. The zero-order chi connectivity index (χ0) is 16.0. The molecular formula is C19H21NO3. The third kappa shape index (κ3) is 2.09. The Morgan fingerprint density at radius 3 is 2.61 bits per heavy atom. The standard InChI is InChI=1S/C19H21NO3/c1-21-13-5-4-11-8-15-17-12(6-7-20-15)9-16(22-2)19(23-3)18(17)14(11)10-13/h4-5,9-10,15,20H,6-8H2,1-3H3/t15-/m1/s1. The number of hydrogen-bond acceptors (Lipinski definition) is 4. The van der Waals surface area contributed by atoms with Crippen molar-refractivity contribution in [3.63, 3.8) is 0 Å². The molecule has 1 aliphatic carbocycles. The van der Waals surface area contributed by atoms with Crippen molar-refractivity contribution >= 4 is 0 Å². The van der Waals surface area contributed by atoms with Gasteiger partial charge in [0.1, 0.15) is 5.75 Å². The van der Waals surface area contributed by atoms with Crippen LogP contribution >= 0.6 is 0 Å². The molecule has 2 aliphatic rings. The van der Waals surface area contributed by atoms with Gasteiger partial charge in [-0.2, -0.15) is 0 Å². The fourth-order valence-corrected chi connectivity index (χ4v) is 3.90. The minimum absolute atomic E-state index is 0.342. The predicted molar refractivity (Wildman–Crippen MR) is 89.7 cm³/mol. The summed E-state index contributed by atoms with van der Waals surface area (Å²) in [5.74, 6) is 2.48. The van der Waals surface area contributed by atoms with Crippen LogP contribution in [0.15, 0.2) is 24.3 Å². The lowest BCUT2D eigenvalue weighted by atomic mass is 9.77. The molecule has 4 heteroatoms. The smallest absolute Gasteiger partial charge is 0.168 e. The second kappa shape index (κ2) is 5.46. The van der Waals surface area contributed by atoms with Gasteiger partial charge in [-0.1, -0.05) is 6.07 Å². The van der Waals surface area contributed by atoms with Crippen molar-refractivity contribution in [2.24, 2.45) is 0 Å². The fraction of sp³-hybridized carbons (Fsp3) is 0.368. The molecule has 0 unspecified atom stereocenters. The lowest BCUT2D eigenvalue weighted by Crippen LogP contribution is -2.33. The van der Waals surface area contributed by atoms with E-state index in [2.05, 4.69) is 23.5 Å². The van der Waals surface area contributed by atoms with Crippen LogP contribution in [-0.4, -0.2) is 27.9 Å². The van der Waals surface area contributed by atoms with E-state index in [1.165, 1.54) is 22.3 Å². The maximum atomic E-state index is 5.74. The first-order chi connectivity index (χ1) is 11.3. The summed E-state index contributed by atoms with van der Waals surface area (Å²) in [6.07, 6.45) is 2.01. The molecule has 4 rings (SSSR count). The molecule has 23 heavy (non-hydrogen) atoms. The van der Waals surface area contributed by atoms with E-state index in [1.54, 1.807) is 21.3 Å². The number of methoxy groups -OCH3 is 3. The van der Waals surface area contributed by atoms with Crippen molar-refractivity contribution in [3.8, 4) is 28.4 Å². The maximum Gasteiger partial charge on any atom is 0.168 e. The maximum absolute atomic E-state index is 5.74. The number of nitrogens with one attached hydrogen (secondary N) is 1. The average Bonchev–Trinajstić information content (AvgIpc) is 2.60. The van der Waals surface area contributed by atoms with Crippen molar-refractivity contribution in [3.05, 3.63) is 41.0 Å². The highest BCUT2D eigenvalue weighted by Gasteiger charge is 2.33. The molecule has 0 fully saturated rings. The average molecular weight is 311 g/mol. The summed E-state index contributed by atoms with van der Waals surface area (Å²) >= 11 is 0. The molecule has 2 aromatic carbocycles. The van der Waals surface area contributed by atoms with Crippen LogP contribution in [0, 0.1) is 0 Å². The Hall–Kier alpha value is -2.20. The van der Waals surface area contributed by atoms with Crippen LogP contribution < -0.4 is 19.5 Å². The normalized spacial score (nSPS) is 18.0.